The van der Waals surface area contributed by atoms with E-state index in [1.807, 2.05) is 0 Å². The molecule has 0 N–H and O–H groups in total. The third-order valence-corrected chi connectivity index (χ3v) is 2.05. The molecule has 5 heteroatoms. The lowest BCUT2D eigenvalue weighted by Crippen LogP contribution is -2.25. The summed E-state index contributed by atoms with van der Waals surface area (Å²) in [5, 5.41) is 0. The van der Waals surface area contributed by atoms with Crippen LogP contribution in [0.5, 0.6) is 0 Å². The largest absolute Gasteiger partial charge is 0.460 e. The Morgan fingerprint density at radius 3 is 2.69 bits per heavy atom. The summed E-state index contributed by atoms with van der Waals surface area (Å²) < 4.78 is 19.0. The van der Waals surface area contributed by atoms with E-state index in [1.165, 1.54) is 12.3 Å². The average Bonchev–Trinajstić information content (AvgIpc) is 2.06. The van der Waals surface area contributed by atoms with Crippen molar-refractivity contribution in [1.82, 2.24) is 4.98 Å². The molecule has 0 radical (unpaired) electrons. The molecular formula is C11H13BrFNO2. The molecule has 1 aromatic heterocycles. The van der Waals surface area contributed by atoms with Crippen molar-refractivity contribution in [2.75, 3.05) is 0 Å². The summed E-state index contributed by atoms with van der Waals surface area (Å²) in [5.41, 5.74) is -0.472. The molecular weight excluding hydrogens is 277 g/mol. The third kappa shape index (κ3) is 4.26. The molecule has 0 spiro atoms. The summed E-state index contributed by atoms with van der Waals surface area (Å²) in [5.74, 6) is -0.999. The number of hydrogen-bond acceptors (Lipinski definition) is 3. The molecule has 0 aliphatic carbocycles. The minimum Gasteiger partial charge on any atom is -0.460 e. The van der Waals surface area contributed by atoms with E-state index in [1.54, 1.807) is 20.8 Å². The number of halogens is 2. The van der Waals surface area contributed by atoms with Crippen LogP contribution in [0.2, 0.25) is 0 Å². The summed E-state index contributed by atoms with van der Waals surface area (Å²) in [6.45, 7) is 5.28. The van der Waals surface area contributed by atoms with Gasteiger partial charge in [-0.3, -0.25) is 9.78 Å². The molecule has 0 aromatic carbocycles. The molecule has 0 aliphatic rings. The first-order chi connectivity index (χ1) is 7.28. The molecule has 88 valence electrons. The second-order valence-electron chi connectivity index (χ2n) is 4.35. The highest BCUT2D eigenvalue weighted by molar-refractivity contribution is 9.10. The van der Waals surface area contributed by atoms with Gasteiger partial charge in [0.1, 0.15) is 11.4 Å². The van der Waals surface area contributed by atoms with E-state index in [4.69, 9.17) is 4.74 Å². The Kier molecular flexibility index (Phi) is 4.02. The maximum atomic E-state index is 13.3. The monoisotopic (exact) mass is 289 g/mol. The fourth-order valence-electron chi connectivity index (χ4n) is 1.09. The van der Waals surface area contributed by atoms with Crippen LogP contribution in [0.25, 0.3) is 0 Å². The van der Waals surface area contributed by atoms with Crippen molar-refractivity contribution in [2.45, 2.75) is 32.8 Å². The molecule has 16 heavy (non-hydrogen) atoms. The Balaban J connectivity index is 2.70. The topological polar surface area (TPSA) is 39.2 Å². The van der Waals surface area contributed by atoms with Crippen LogP contribution < -0.4 is 0 Å². The van der Waals surface area contributed by atoms with Crippen LogP contribution in [0.1, 0.15) is 26.5 Å². The molecule has 1 heterocycles. The molecule has 3 nitrogen and oxygen atoms in total. The van der Waals surface area contributed by atoms with Crippen LogP contribution in [-0.4, -0.2) is 16.6 Å². The first kappa shape index (κ1) is 13.1. The molecule has 0 bridgehead atoms. The van der Waals surface area contributed by atoms with Gasteiger partial charge in [-0.05, 0) is 42.8 Å². The lowest BCUT2D eigenvalue weighted by Gasteiger charge is -2.19. The summed E-state index contributed by atoms with van der Waals surface area (Å²) in [6, 6.07) is 1.27. The Hall–Kier alpha value is -0.970. The van der Waals surface area contributed by atoms with E-state index in [0.717, 1.165) is 0 Å². The van der Waals surface area contributed by atoms with Crippen LogP contribution in [-0.2, 0) is 16.0 Å². The van der Waals surface area contributed by atoms with Gasteiger partial charge in [0, 0.05) is 10.7 Å². The SMILES string of the molecule is CC(C)(C)OC(=O)Cc1ncc(Br)cc1F. The van der Waals surface area contributed by atoms with Gasteiger partial charge in [0.25, 0.3) is 0 Å². The zero-order valence-electron chi connectivity index (χ0n) is 9.38. The van der Waals surface area contributed by atoms with Crippen LogP contribution in [0.15, 0.2) is 16.7 Å². The summed E-state index contributed by atoms with van der Waals surface area (Å²) in [7, 11) is 0. The van der Waals surface area contributed by atoms with Crippen LogP contribution >= 0.6 is 15.9 Å². The Bertz CT molecular complexity index is 401. The van der Waals surface area contributed by atoms with Crippen molar-refractivity contribution in [2.24, 2.45) is 0 Å². The maximum absolute atomic E-state index is 13.3. The highest BCUT2D eigenvalue weighted by Crippen LogP contribution is 2.14. The maximum Gasteiger partial charge on any atom is 0.312 e. The van der Waals surface area contributed by atoms with Gasteiger partial charge in [0.05, 0.1) is 12.1 Å². The number of rotatable bonds is 2. The first-order valence-corrected chi connectivity index (χ1v) is 5.59. The third-order valence-electron chi connectivity index (χ3n) is 1.62. The molecule has 0 unspecified atom stereocenters. The van der Waals surface area contributed by atoms with Gasteiger partial charge in [-0.1, -0.05) is 0 Å². The highest BCUT2D eigenvalue weighted by Gasteiger charge is 2.18. The zero-order chi connectivity index (χ0) is 12.3. The molecule has 0 saturated carbocycles. The molecule has 0 fully saturated rings. The molecule has 0 amide bonds. The van der Waals surface area contributed by atoms with E-state index in [-0.39, 0.29) is 12.1 Å². The fraction of sp³-hybridized carbons (Fsp3) is 0.455. The lowest BCUT2D eigenvalue weighted by molar-refractivity contribution is -0.154. The van der Waals surface area contributed by atoms with Crippen LogP contribution in [0.4, 0.5) is 4.39 Å². The number of aromatic nitrogens is 1. The number of pyridine rings is 1. The second-order valence-corrected chi connectivity index (χ2v) is 5.26. The van der Waals surface area contributed by atoms with Gasteiger partial charge in [-0.25, -0.2) is 4.39 Å². The number of nitrogens with zero attached hydrogens (tertiary/aromatic N) is 1. The zero-order valence-corrected chi connectivity index (χ0v) is 11.0. The van der Waals surface area contributed by atoms with E-state index in [2.05, 4.69) is 20.9 Å². The van der Waals surface area contributed by atoms with Crippen molar-refractivity contribution in [3.63, 3.8) is 0 Å². The van der Waals surface area contributed by atoms with Gasteiger partial charge < -0.3 is 4.74 Å². The first-order valence-electron chi connectivity index (χ1n) is 4.80. The van der Waals surface area contributed by atoms with Crippen molar-refractivity contribution < 1.29 is 13.9 Å². The predicted molar refractivity (Wildman–Crippen MR) is 61.4 cm³/mol. The Morgan fingerprint density at radius 1 is 1.56 bits per heavy atom. The molecule has 0 atom stereocenters. The Labute approximate surface area is 102 Å². The lowest BCUT2D eigenvalue weighted by atomic mass is 10.2. The van der Waals surface area contributed by atoms with Gasteiger partial charge in [0.15, 0.2) is 0 Å². The van der Waals surface area contributed by atoms with Gasteiger partial charge in [0.2, 0.25) is 0 Å². The number of hydrogen-bond donors (Lipinski definition) is 0. The number of carbonyl (C=O) groups is 1. The fourth-order valence-corrected chi connectivity index (χ4v) is 1.39. The quantitative estimate of drug-likeness (QED) is 0.786. The van der Waals surface area contributed by atoms with E-state index < -0.39 is 17.4 Å². The minimum absolute atomic E-state index is 0.0949. The van der Waals surface area contributed by atoms with Crippen molar-refractivity contribution in [3.8, 4) is 0 Å². The second kappa shape index (κ2) is 4.91. The van der Waals surface area contributed by atoms with Crippen LogP contribution in [0.3, 0.4) is 0 Å². The van der Waals surface area contributed by atoms with Crippen molar-refractivity contribution in [3.05, 3.63) is 28.2 Å². The van der Waals surface area contributed by atoms with Crippen molar-refractivity contribution >= 4 is 21.9 Å². The van der Waals surface area contributed by atoms with Gasteiger partial charge in [-0.2, -0.15) is 0 Å². The summed E-state index contributed by atoms with van der Waals surface area (Å²) >= 11 is 3.09. The van der Waals surface area contributed by atoms with E-state index >= 15 is 0 Å². The molecule has 0 aliphatic heterocycles. The normalized spacial score (nSPS) is 11.3. The smallest absolute Gasteiger partial charge is 0.312 e. The number of ether oxygens (including phenoxy) is 1. The van der Waals surface area contributed by atoms with E-state index in [9.17, 15) is 9.18 Å². The molecule has 1 aromatic rings. The standard InChI is InChI=1S/C11H13BrFNO2/c1-11(2,3)16-10(15)5-9-8(13)4-7(12)6-14-9/h4,6H,5H2,1-3H3. The minimum atomic E-state index is -0.567. The van der Waals surface area contributed by atoms with Crippen molar-refractivity contribution in [1.29, 1.82) is 0 Å². The van der Waals surface area contributed by atoms with Gasteiger partial charge >= 0.3 is 5.97 Å². The van der Waals surface area contributed by atoms with Crippen LogP contribution in [0, 0.1) is 5.82 Å². The number of esters is 1. The Morgan fingerprint density at radius 2 is 2.19 bits per heavy atom. The van der Waals surface area contributed by atoms with Gasteiger partial charge in [-0.15, -0.1) is 0 Å². The summed E-state index contributed by atoms with van der Waals surface area (Å²) in [4.78, 5) is 15.2. The number of carbonyl (C=O) groups excluding carboxylic acids is 1. The van der Waals surface area contributed by atoms with E-state index in [0.29, 0.717) is 4.47 Å². The predicted octanol–water partition coefficient (Wildman–Crippen LogP) is 2.87. The average molecular weight is 290 g/mol. The highest BCUT2D eigenvalue weighted by atomic mass is 79.9. The summed E-state index contributed by atoms with van der Waals surface area (Å²) in [6.07, 6.45) is 1.29. The molecule has 1 rings (SSSR count). The molecule has 0 saturated heterocycles.